The number of pyridine rings is 1. The highest BCUT2D eigenvalue weighted by Gasteiger charge is 2.25. The van der Waals surface area contributed by atoms with Gasteiger partial charge in [-0.2, -0.15) is 5.10 Å². The zero-order chi connectivity index (χ0) is 24.6. The van der Waals surface area contributed by atoms with Gasteiger partial charge in [-0.1, -0.05) is 30.3 Å². The lowest BCUT2D eigenvalue weighted by molar-refractivity contribution is 0.102. The Morgan fingerprint density at radius 2 is 1.86 bits per heavy atom. The van der Waals surface area contributed by atoms with E-state index in [1.54, 1.807) is 18.0 Å². The fraction of sp³-hybridized carbons (Fsp3) is 0.179. The monoisotopic (exact) mass is 476 g/mol. The summed E-state index contributed by atoms with van der Waals surface area (Å²) in [6.45, 7) is 0. The molecule has 3 aromatic heterocycles. The number of nitrogens with one attached hydrogen (secondary N) is 1. The van der Waals surface area contributed by atoms with Crippen molar-refractivity contribution in [3.8, 4) is 28.3 Å². The van der Waals surface area contributed by atoms with Gasteiger partial charge in [0.2, 0.25) is 0 Å². The number of amides is 1. The highest BCUT2D eigenvalue weighted by Crippen LogP contribution is 2.39. The first-order valence-electron chi connectivity index (χ1n) is 11.8. The van der Waals surface area contributed by atoms with E-state index in [1.807, 2.05) is 67.8 Å². The van der Waals surface area contributed by atoms with Gasteiger partial charge in [-0.05, 0) is 31.0 Å². The van der Waals surface area contributed by atoms with E-state index in [2.05, 4.69) is 25.4 Å². The molecule has 1 aliphatic carbocycles. The molecule has 36 heavy (non-hydrogen) atoms. The van der Waals surface area contributed by atoms with E-state index in [1.165, 1.54) is 19.2 Å². The van der Waals surface area contributed by atoms with Gasteiger partial charge in [0.25, 0.3) is 5.91 Å². The summed E-state index contributed by atoms with van der Waals surface area (Å²) in [4.78, 5) is 26.6. The average molecular weight is 477 g/mol. The SMILES string of the molecule is COc1cc2ncnc(-c3cn(C)nc3-c3ccccc3)c2cc1NC(=O)c1ccc(C2CC2)nc1. The molecule has 3 heterocycles. The first-order chi connectivity index (χ1) is 17.6. The van der Waals surface area contributed by atoms with Crippen LogP contribution in [0.1, 0.15) is 34.8 Å². The molecule has 5 aromatic rings. The molecular formula is C28H24N6O2. The van der Waals surface area contributed by atoms with Crippen LogP contribution in [0.2, 0.25) is 0 Å². The molecular weight excluding hydrogens is 452 g/mol. The maximum Gasteiger partial charge on any atom is 0.257 e. The Kier molecular flexibility index (Phi) is 5.41. The molecule has 1 fully saturated rings. The van der Waals surface area contributed by atoms with E-state index in [0.29, 0.717) is 28.4 Å². The van der Waals surface area contributed by atoms with Crippen molar-refractivity contribution in [2.45, 2.75) is 18.8 Å². The number of carbonyl (C=O) groups is 1. The molecule has 1 saturated carbocycles. The van der Waals surface area contributed by atoms with Crippen molar-refractivity contribution in [2.24, 2.45) is 7.05 Å². The number of aryl methyl sites for hydroxylation is 1. The van der Waals surface area contributed by atoms with Crippen LogP contribution in [0.4, 0.5) is 5.69 Å². The summed E-state index contributed by atoms with van der Waals surface area (Å²) in [7, 11) is 3.45. The van der Waals surface area contributed by atoms with Gasteiger partial charge >= 0.3 is 0 Å². The van der Waals surface area contributed by atoms with Gasteiger partial charge in [-0.25, -0.2) is 9.97 Å². The highest BCUT2D eigenvalue weighted by atomic mass is 16.5. The summed E-state index contributed by atoms with van der Waals surface area (Å²) in [5, 5.41) is 8.45. The van der Waals surface area contributed by atoms with E-state index < -0.39 is 0 Å². The minimum atomic E-state index is -0.257. The number of benzene rings is 2. The zero-order valence-electron chi connectivity index (χ0n) is 20.0. The van der Waals surface area contributed by atoms with Gasteiger partial charge in [0.15, 0.2) is 0 Å². The second kappa shape index (κ2) is 8.88. The van der Waals surface area contributed by atoms with Gasteiger partial charge in [0.05, 0.1) is 29.6 Å². The molecule has 1 amide bonds. The molecule has 8 nitrogen and oxygen atoms in total. The Hall–Kier alpha value is -4.59. The summed E-state index contributed by atoms with van der Waals surface area (Å²) >= 11 is 0. The van der Waals surface area contributed by atoms with Crippen LogP contribution in [-0.4, -0.2) is 37.7 Å². The summed E-state index contributed by atoms with van der Waals surface area (Å²) in [6.07, 6.45) is 7.44. The minimum Gasteiger partial charge on any atom is -0.494 e. The molecule has 0 bridgehead atoms. The molecule has 0 radical (unpaired) electrons. The van der Waals surface area contributed by atoms with Gasteiger partial charge in [0, 0.05) is 53.6 Å². The number of ether oxygens (including phenoxy) is 1. The largest absolute Gasteiger partial charge is 0.494 e. The van der Waals surface area contributed by atoms with Crippen molar-refractivity contribution in [2.75, 3.05) is 12.4 Å². The summed E-state index contributed by atoms with van der Waals surface area (Å²) < 4.78 is 7.36. The summed E-state index contributed by atoms with van der Waals surface area (Å²) in [6, 6.07) is 17.4. The van der Waals surface area contributed by atoms with Crippen LogP contribution < -0.4 is 10.1 Å². The van der Waals surface area contributed by atoms with Gasteiger partial charge in [0.1, 0.15) is 17.8 Å². The Balaban J connectivity index is 1.41. The zero-order valence-corrected chi connectivity index (χ0v) is 20.0. The topological polar surface area (TPSA) is 94.8 Å². The Morgan fingerprint density at radius 3 is 2.58 bits per heavy atom. The molecule has 178 valence electrons. The number of aromatic nitrogens is 5. The standard InChI is InChI=1S/C28H24N6O2/c1-34-15-21(26(33-34)18-6-4-3-5-7-18)27-20-12-24(25(36-2)13-23(20)30-16-31-27)32-28(35)19-10-11-22(29-14-19)17-8-9-17/h3-7,10-17H,8-9H2,1-2H3,(H,32,35). The predicted octanol–water partition coefficient (Wildman–Crippen LogP) is 5.23. The molecule has 1 N–H and O–H groups in total. The van der Waals surface area contributed by atoms with Crippen LogP contribution in [-0.2, 0) is 7.05 Å². The fourth-order valence-corrected chi connectivity index (χ4v) is 4.39. The number of fused-ring (bicyclic) bond motifs is 1. The number of anilines is 1. The number of hydrogen-bond acceptors (Lipinski definition) is 6. The van der Waals surface area contributed by atoms with Crippen LogP contribution in [0.5, 0.6) is 5.75 Å². The summed E-state index contributed by atoms with van der Waals surface area (Å²) in [5.41, 5.74) is 6.17. The van der Waals surface area contributed by atoms with Gasteiger partial charge < -0.3 is 10.1 Å². The lowest BCUT2D eigenvalue weighted by atomic mass is 10.0. The highest BCUT2D eigenvalue weighted by molar-refractivity contribution is 6.07. The smallest absolute Gasteiger partial charge is 0.257 e. The molecule has 0 unspecified atom stereocenters. The lowest BCUT2D eigenvalue weighted by Crippen LogP contribution is -2.13. The van der Waals surface area contributed by atoms with E-state index in [-0.39, 0.29) is 5.91 Å². The van der Waals surface area contributed by atoms with Crippen molar-refractivity contribution in [1.29, 1.82) is 0 Å². The van der Waals surface area contributed by atoms with Crippen LogP contribution >= 0.6 is 0 Å². The second-order valence-corrected chi connectivity index (χ2v) is 8.92. The average Bonchev–Trinajstić information content (AvgIpc) is 3.69. The first kappa shape index (κ1) is 21.9. The minimum absolute atomic E-state index is 0.257. The normalized spacial score (nSPS) is 13.1. The summed E-state index contributed by atoms with van der Waals surface area (Å²) in [5.74, 6) is 0.791. The fourth-order valence-electron chi connectivity index (χ4n) is 4.39. The Labute approximate surface area is 208 Å². The van der Waals surface area contributed by atoms with E-state index in [0.717, 1.165) is 33.6 Å². The van der Waals surface area contributed by atoms with Gasteiger partial charge in [-0.3, -0.25) is 14.5 Å². The third kappa shape index (κ3) is 4.07. The Morgan fingerprint density at radius 1 is 1.03 bits per heavy atom. The van der Waals surface area contributed by atoms with Gasteiger partial charge in [-0.15, -0.1) is 0 Å². The van der Waals surface area contributed by atoms with E-state index in [9.17, 15) is 4.79 Å². The van der Waals surface area contributed by atoms with Crippen molar-refractivity contribution in [1.82, 2.24) is 24.7 Å². The number of carbonyl (C=O) groups excluding carboxylic acids is 1. The second-order valence-electron chi connectivity index (χ2n) is 8.92. The third-order valence-corrected chi connectivity index (χ3v) is 6.38. The lowest BCUT2D eigenvalue weighted by Gasteiger charge is -2.13. The van der Waals surface area contributed by atoms with Crippen LogP contribution in [0.25, 0.3) is 33.4 Å². The van der Waals surface area contributed by atoms with Crippen molar-refractivity contribution < 1.29 is 9.53 Å². The molecule has 6 rings (SSSR count). The van der Waals surface area contributed by atoms with Crippen LogP contribution in [0.3, 0.4) is 0 Å². The molecule has 0 atom stereocenters. The van der Waals surface area contributed by atoms with E-state index in [4.69, 9.17) is 4.74 Å². The van der Waals surface area contributed by atoms with E-state index >= 15 is 0 Å². The number of nitrogens with zero attached hydrogens (tertiary/aromatic N) is 5. The maximum absolute atomic E-state index is 13.1. The van der Waals surface area contributed by atoms with Crippen LogP contribution in [0, 0.1) is 0 Å². The number of rotatable bonds is 6. The first-order valence-corrected chi connectivity index (χ1v) is 11.8. The van der Waals surface area contributed by atoms with Crippen molar-refractivity contribution in [3.63, 3.8) is 0 Å². The molecule has 2 aromatic carbocycles. The third-order valence-electron chi connectivity index (χ3n) is 6.38. The molecule has 0 saturated heterocycles. The molecule has 0 aliphatic heterocycles. The number of hydrogen-bond donors (Lipinski definition) is 1. The number of methoxy groups -OCH3 is 1. The maximum atomic E-state index is 13.1. The molecule has 0 spiro atoms. The van der Waals surface area contributed by atoms with Crippen molar-refractivity contribution >= 4 is 22.5 Å². The molecule has 8 heteroatoms. The quantitative estimate of drug-likeness (QED) is 0.361. The Bertz CT molecular complexity index is 1570. The molecule has 1 aliphatic rings. The predicted molar refractivity (Wildman–Crippen MR) is 138 cm³/mol. The van der Waals surface area contributed by atoms with Crippen LogP contribution in [0.15, 0.2) is 73.3 Å². The van der Waals surface area contributed by atoms with Crippen molar-refractivity contribution in [3.05, 3.63) is 84.6 Å².